The van der Waals surface area contributed by atoms with Gasteiger partial charge in [-0.15, -0.1) is 11.3 Å². The quantitative estimate of drug-likeness (QED) is 0.673. The van der Waals surface area contributed by atoms with E-state index in [1.807, 2.05) is 42.8 Å². The van der Waals surface area contributed by atoms with Crippen LogP contribution in [0.5, 0.6) is 0 Å². The molecule has 0 saturated heterocycles. The van der Waals surface area contributed by atoms with Crippen LogP contribution in [0.15, 0.2) is 41.9 Å². The predicted molar refractivity (Wildman–Crippen MR) is 82.0 cm³/mol. The molecule has 0 spiro atoms. The molecule has 0 aliphatic rings. The van der Waals surface area contributed by atoms with E-state index in [-0.39, 0.29) is 0 Å². The first-order valence-electron chi connectivity index (χ1n) is 6.04. The molecule has 3 rings (SSSR count). The maximum Gasteiger partial charge on any atom is 0.194 e. The molecule has 0 unspecified atom stereocenters. The van der Waals surface area contributed by atoms with Gasteiger partial charge in [0.05, 0.1) is 16.4 Å². The summed E-state index contributed by atoms with van der Waals surface area (Å²) in [6.45, 7) is 2.02. The third-order valence-electron chi connectivity index (χ3n) is 3.00. The topological polar surface area (TPSA) is 34.9 Å². The van der Waals surface area contributed by atoms with E-state index in [2.05, 4.69) is 4.98 Å². The molecule has 1 aromatic carbocycles. The van der Waals surface area contributed by atoms with Crippen molar-refractivity contribution in [1.29, 1.82) is 0 Å². The van der Waals surface area contributed by atoms with E-state index in [9.17, 15) is 4.79 Å². The number of benzene rings is 1. The second kappa shape index (κ2) is 5.23. The molecule has 100 valence electrons. The van der Waals surface area contributed by atoms with Crippen molar-refractivity contribution in [2.24, 2.45) is 0 Å². The largest absolute Gasteiger partial charge is 0.296 e. The number of rotatable bonds is 3. The fourth-order valence-electron chi connectivity index (χ4n) is 2.00. The normalized spacial score (nSPS) is 10.7. The number of halogens is 1. The molecule has 2 aromatic heterocycles. The third-order valence-corrected chi connectivity index (χ3v) is 4.17. The molecule has 0 aliphatic carbocycles. The molecule has 0 N–H and O–H groups in total. The highest BCUT2D eigenvalue weighted by Gasteiger charge is 2.11. The lowest BCUT2D eigenvalue weighted by Crippen LogP contribution is -1.96. The molecule has 2 heterocycles. The minimum absolute atomic E-state index is 0.584. The molecule has 0 saturated carbocycles. The van der Waals surface area contributed by atoms with Crippen LogP contribution >= 0.6 is 22.9 Å². The Labute approximate surface area is 125 Å². The van der Waals surface area contributed by atoms with E-state index in [1.54, 1.807) is 10.6 Å². The van der Waals surface area contributed by atoms with Gasteiger partial charge >= 0.3 is 0 Å². The first-order chi connectivity index (χ1) is 9.69. The Morgan fingerprint density at radius 2 is 2.20 bits per heavy atom. The van der Waals surface area contributed by atoms with E-state index < -0.39 is 0 Å². The van der Waals surface area contributed by atoms with Crippen LogP contribution in [0.25, 0.3) is 16.4 Å². The molecule has 0 aliphatic heterocycles. The second-order valence-corrected chi connectivity index (χ2v) is 5.66. The fourth-order valence-corrected chi connectivity index (χ4v) is 3.04. The molecule has 0 radical (unpaired) electrons. The Morgan fingerprint density at radius 3 is 3.00 bits per heavy atom. The Kier molecular flexibility index (Phi) is 3.42. The van der Waals surface area contributed by atoms with Gasteiger partial charge in [0.25, 0.3) is 0 Å². The van der Waals surface area contributed by atoms with Crippen LogP contribution in [0.1, 0.15) is 16.1 Å². The smallest absolute Gasteiger partial charge is 0.194 e. The number of nitrogens with zero attached hydrogens (tertiary/aromatic N) is 2. The van der Waals surface area contributed by atoms with Crippen molar-refractivity contribution < 1.29 is 4.79 Å². The van der Waals surface area contributed by atoms with Crippen molar-refractivity contribution in [3.63, 3.8) is 0 Å². The summed E-state index contributed by atoms with van der Waals surface area (Å²) < 4.78 is 1.77. The summed E-state index contributed by atoms with van der Waals surface area (Å²) in [6.07, 6.45) is 2.64. The lowest BCUT2D eigenvalue weighted by atomic mass is 10.1. The lowest BCUT2D eigenvalue weighted by Gasteiger charge is -2.02. The number of aryl methyl sites for hydroxylation is 1. The summed E-state index contributed by atoms with van der Waals surface area (Å²) >= 11 is 7.71. The van der Waals surface area contributed by atoms with Gasteiger partial charge in [-0.05, 0) is 31.2 Å². The van der Waals surface area contributed by atoms with E-state index >= 15 is 0 Å². The molecule has 0 bridgehead atoms. The zero-order valence-corrected chi connectivity index (χ0v) is 12.3. The van der Waals surface area contributed by atoms with E-state index in [0.717, 1.165) is 28.2 Å². The highest BCUT2D eigenvalue weighted by molar-refractivity contribution is 7.12. The maximum atomic E-state index is 11.0. The summed E-state index contributed by atoms with van der Waals surface area (Å²) in [5, 5.41) is 3.38. The van der Waals surface area contributed by atoms with Crippen LogP contribution in [0, 0.1) is 6.92 Å². The van der Waals surface area contributed by atoms with Gasteiger partial charge in [-0.1, -0.05) is 23.2 Å². The number of carbonyl (C=O) groups excluding carboxylic acids is 1. The van der Waals surface area contributed by atoms with Gasteiger partial charge in [-0.2, -0.15) is 0 Å². The van der Waals surface area contributed by atoms with E-state index in [1.165, 1.54) is 11.3 Å². The highest BCUT2D eigenvalue weighted by Crippen LogP contribution is 2.31. The number of aldehydes is 1. The zero-order chi connectivity index (χ0) is 14.1. The van der Waals surface area contributed by atoms with Gasteiger partial charge in [-0.25, -0.2) is 4.98 Å². The van der Waals surface area contributed by atoms with Crippen LogP contribution in [-0.4, -0.2) is 15.8 Å². The van der Waals surface area contributed by atoms with Gasteiger partial charge in [0, 0.05) is 17.1 Å². The summed E-state index contributed by atoms with van der Waals surface area (Å²) in [5.74, 6) is 0. The van der Waals surface area contributed by atoms with Crippen LogP contribution in [0.2, 0.25) is 5.02 Å². The molecule has 3 nitrogen and oxygen atoms in total. The first kappa shape index (κ1) is 13.1. The molecule has 0 atom stereocenters. The Bertz CT molecular complexity index is 776. The van der Waals surface area contributed by atoms with E-state index in [4.69, 9.17) is 11.6 Å². The van der Waals surface area contributed by atoms with Crippen LogP contribution in [0.3, 0.4) is 0 Å². The third kappa shape index (κ3) is 2.28. The Morgan fingerprint density at radius 1 is 1.35 bits per heavy atom. The average molecular weight is 303 g/mol. The first-order valence-corrected chi connectivity index (χ1v) is 7.30. The molecule has 20 heavy (non-hydrogen) atoms. The maximum absolute atomic E-state index is 11.0. The monoisotopic (exact) mass is 302 g/mol. The standard InChI is InChI=1S/C15H11ClN2OS/c1-10-4-5-13(16)12(7-10)14-9-20-15(17-14)18-6-2-3-11(18)8-19/h2-9H,1H3. The molecule has 5 heteroatoms. The number of hydrogen-bond donors (Lipinski definition) is 0. The molecule has 3 aromatic rings. The van der Waals surface area contributed by atoms with Crippen LogP contribution in [0.4, 0.5) is 0 Å². The Balaban J connectivity index is 2.06. The van der Waals surface area contributed by atoms with Crippen molar-refractivity contribution in [2.75, 3.05) is 0 Å². The van der Waals surface area contributed by atoms with Gasteiger partial charge in [-0.3, -0.25) is 9.36 Å². The van der Waals surface area contributed by atoms with Crippen LogP contribution in [-0.2, 0) is 0 Å². The van der Waals surface area contributed by atoms with Crippen molar-refractivity contribution >= 4 is 29.2 Å². The summed E-state index contributed by atoms with van der Waals surface area (Å²) in [5.41, 5.74) is 3.45. The second-order valence-electron chi connectivity index (χ2n) is 4.42. The molecule has 0 amide bonds. The summed E-state index contributed by atoms with van der Waals surface area (Å²) in [4.78, 5) is 15.5. The van der Waals surface area contributed by atoms with Gasteiger partial charge in [0.1, 0.15) is 0 Å². The average Bonchev–Trinajstić information content (AvgIpc) is 3.08. The number of aromatic nitrogens is 2. The van der Waals surface area contributed by atoms with Crippen LogP contribution < -0.4 is 0 Å². The Hall–Kier alpha value is -1.91. The van der Waals surface area contributed by atoms with Crippen molar-refractivity contribution in [2.45, 2.75) is 6.92 Å². The van der Waals surface area contributed by atoms with Gasteiger partial charge in [0.2, 0.25) is 0 Å². The predicted octanol–water partition coefficient (Wildman–Crippen LogP) is 4.38. The fraction of sp³-hybridized carbons (Fsp3) is 0.0667. The van der Waals surface area contributed by atoms with Crippen molar-refractivity contribution in [1.82, 2.24) is 9.55 Å². The highest BCUT2D eigenvalue weighted by atomic mass is 35.5. The van der Waals surface area contributed by atoms with Crippen molar-refractivity contribution in [3.8, 4) is 16.4 Å². The lowest BCUT2D eigenvalue weighted by molar-refractivity contribution is 0.111. The molecule has 0 fully saturated rings. The van der Waals surface area contributed by atoms with Crippen molar-refractivity contribution in [3.05, 3.63) is 58.2 Å². The van der Waals surface area contributed by atoms with Gasteiger partial charge in [0.15, 0.2) is 11.4 Å². The number of thiazole rings is 1. The van der Waals surface area contributed by atoms with Gasteiger partial charge < -0.3 is 0 Å². The van der Waals surface area contributed by atoms with E-state index in [0.29, 0.717) is 10.7 Å². The SMILES string of the molecule is Cc1ccc(Cl)c(-c2csc(-n3cccc3C=O)n2)c1. The molecular formula is C15H11ClN2OS. The minimum atomic E-state index is 0.584. The summed E-state index contributed by atoms with van der Waals surface area (Å²) in [7, 11) is 0. The number of hydrogen-bond acceptors (Lipinski definition) is 3. The summed E-state index contributed by atoms with van der Waals surface area (Å²) in [6, 6.07) is 9.43. The zero-order valence-electron chi connectivity index (χ0n) is 10.7. The molecular weight excluding hydrogens is 292 g/mol. The number of carbonyl (C=O) groups is 1. The minimum Gasteiger partial charge on any atom is -0.296 e.